The van der Waals surface area contributed by atoms with Gasteiger partial charge in [0.1, 0.15) is 11.8 Å². The van der Waals surface area contributed by atoms with Crippen LogP contribution in [0.1, 0.15) is 49.9 Å². The van der Waals surface area contributed by atoms with Crippen molar-refractivity contribution < 1.29 is 14.3 Å². The van der Waals surface area contributed by atoms with E-state index in [-0.39, 0.29) is 23.8 Å². The molecule has 5 heteroatoms. The second-order valence-electron chi connectivity index (χ2n) is 8.88. The monoisotopic (exact) mass is 410 g/mol. The summed E-state index contributed by atoms with van der Waals surface area (Å²) in [5.74, 6) is 0.470. The lowest BCUT2D eigenvalue weighted by Gasteiger charge is -2.31. The summed E-state index contributed by atoms with van der Waals surface area (Å²) >= 11 is 0. The van der Waals surface area contributed by atoms with Crippen molar-refractivity contribution >= 4 is 11.8 Å². The summed E-state index contributed by atoms with van der Waals surface area (Å²) in [7, 11) is 1.61. The van der Waals surface area contributed by atoms with Crippen LogP contribution < -0.4 is 10.1 Å². The first-order valence-corrected chi connectivity index (χ1v) is 10.3. The molecule has 0 radical (unpaired) electrons. The summed E-state index contributed by atoms with van der Waals surface area (Å²) < 4.78 is 5.31. The van der Waals surface area contributed by atoms with Crippen molar-refractivity contribution in [2.75, 3.05) is 7.11 Å². The molecule has 0 aliphatic carbocycles. The fourth-order valence-corrected chi connectivity index (χ4v) is 3.21. The zero-order valence-electron chi connectivity index (χ0n) is 19.2. The fourth-order valence-electron chi connectivity index (χ4n) is 3.21. The highest BCUT2D eigenvalue weighted by molar-refractivity contribution is 5.88. The minimum absolute atomic E-state index is 0.0855. The quantitative estimate of drug-likeness (QED) is 0.745. The van der Waals surface area contributed by atoms with Crippen molar-refractivity contribution in [3.63, 3.8) is 0 Å². The SMILES string of the molecule is COc1cccc(CN(C(=O)Cc2ccc(C)c(C)c2)[C@@H](C)C(=O)NC(C)(C)C)c1. The van der Waals surface area contributed by atoms with E-state index in [1.807, 2.05) is 70.2 Å². The fraction of sp³-hybridized carbons (Fsp3) is 0.440. The van der Waals surface area contributed by atoms with Crippen molar-refractivity contribution in [3.05, 3.63) is 64.7 Å². The first-order chi connectivity index (χ1) is 14.0. The molecule has 0 heterocycles. The van der Waals surface area contributed by atoms with E-state index in [1.165, 1.54) is 5.56 Å². The summed E-state index contributed by atoms with van der Waals surface area (Å²) in [6.45, 7) is 12.0. The molecule has 2 aromatic carbocycles. The van der Waals surface area contributed by atoms with Gasteiger partial charge < -0.3 is 15.0 Å². The number of carbonyl (C=O) groups excluding carboxylic acids is 2. The summed E-state index contributed by atoms with van der Waals surface area (Å²) in [4.78, 5) is 27.8. The van der Waals surface area contributed by atoms with Crippen LogP contribution in [0, 0.1) is 13.8 Å². The lowest BCUT2D eigenvalue weighted by Crippen LogP contribution is -2.52. The molecular weight excluding hydrogens is 376 g/mol. The van der Waals surface area contributed by atoms with E-state index in [1.54, 1.807) is 18.9 Å². The summed E-state index contributed by atoms with van der Waals surface area (Å²) in [5, 5.41) is 2.99. The Bertz CT molecular complexity index is 900. The summed E-state index contributed by atoms with van der Waals surface area (Å²) in [6, 6.07) is 13.0. The second-order valence-corrected chi connectivity index (χ2v) is 8.88. The molecule has 0 aromatic heterocycles. The number of nitrogens with one attached hydrogen (secondary N) is 1. The number of ether oxygens (including phenoxy) is 1. The van der Waals surface area contributed by atoms with Crippen LogP contribution in [0.15, 0.2) is 42.5 Å². The minimum atomic E-state index is -0.602. The molecule has 0 bridgehead atoms. The van der Waals surface area contributed by atoms with Gasteiger partial charge in [-0.3, -0.25) is 9.59 Å². The van der Waals surface area contributed by atoms with Crippen LogP contribution in [-0.2, 0) is 22.6 Å². The number of rotatable bonds is 7. The van der Waals surface area contributed by atoms with Gasteiger partial charge in [0, 0.05) is 12.1 Å². The lowest BCUT2D eigenvalue weighted by molar-refractivity contribution is -0.140. The van der Waals surface area contributed by atoms with Gasteiger partial charge in [0.25, 0.3) is 0 Å². The predicted molar refractivity (Wildman–Crippen MR) is 121 cm³/mol. The van der Waals surface area contributed by atoms with Crippen LogP contribution in [0.5, 0.6) is 5.75 Å². The third-order valence-electron chi connectivity index (χ3n) is 5.08. The molecule has 0 saturated heterocycles. The molecule has 1 atom stereocenters. The summed E-state index contributed by atoms with van der Waals surface area (Å²) in [6.07, 6.45) is 0.248. The molecule has 1 N–H and O–H groups in total. The number of aryl methyl sites for hydroxylation is 2. The van der Waals surface area contributed by atoms with E-state index in [0.29, 0.717) is 6.54 Å². The Morgan fingerprint density at radius 2 is 1.73 bits per heavy atom. The largest absolute Gasteiger partial charge is 0.497 e. The molecule has 0 fully saturated rings. The van der Waals surface area contributed by atoms with E-state index in [0.717, 1.165) is 22.4 Å². The molecular formula is C25H34N2O3. The zero-order chi connectivity index (χ0) is 22.5. The number of carbonyl (C=O) groups is 2. The van der Waals surface area contributed by atoms with Crippen molar-refractivity contribution in [3.8, 4) is 5.75 Å². The van der Waals surface area contributed by atoms with Crippen LogP contribution in [-0.4, -0.2) is 35.4 Å². The molecule has 0 saturated carbocycles. The van der Waals surface area contributed by atoms with E-state index < -0.39 is 6.04 Å². The third kappa shape index (κ3) is 6.61. The average molecular weight is 411 g/mol. The highest BCUT2D eigenvalue weighted by Crippen LogP contribution is 2.18. The average Bonchev–Trinajstić information content (AvgIpc) is 2.67. The van der Waals surface area contributed by atoms with Crippen molar-refractivity contribution in [2.24, 2.45) is 0 Å². The maximum Gasteiger partial charge on any atom is 0.242 e. The van der Waals surface area contributed by atoms with Crippen LogP contribution in [0.25, 0.3) is 0 Å². The Morgan fingerprint density at radius 3 is 2.33 bits per heavy atom. The van der Waals surface area contributed by atoms with Gasteiger partial charge in [-0.05, 0) is 75.9 Å². The van der Waals surface area contributed by atoms with Gasteiger partial charge >= 0.3 is 0 Å². The van der Waals surface area contributed by atoms with Crippen LogP contribution in [0.3, 0.4) is 0 Å². The Labute approximate surface area is 180 Å². The lowest BCUT2D eigenvalue weighted by atomic mass is 10.0. The van der Waals surface area contributed by atoms with Gasteiger partial charge in [0.2, 0.25) is 11.8 Å². The topological polar surface area (TPSA) is 58.6 Å². The highest BCUT2D eigenvalue weighted by Gasteiger charge is 2.28. The van der Waals surface area contributed by atoms with Gasteiger partial charge in [0.05, 0.1) is 13.5 Å². The Hall–Kier alpha value is -2.82. The number of hydrogen-bond donors (Lipinski definition) is 1. The number of hydrogen-bond acceptors (Lipinski definition) is 3. The molecule has 0 spiro atoms. The zero-order valence-corrected chi connectivity index (χ0v) is 19.2. The van der Waals surface area contributed by atoms with Gasteiger partial charge in [-0.15, -0.1) is 0 Å². The molecule has 0 aliphatic heterocycles. The van der Waals surface area contributed by atoms with Crippen LogP contribution in [0.4, 0.5) is 0 Å². The molecule has 2 aromatic rings. The van der Waals surface area contributed by atoms with Crippen LogP contribution in [0.2, 0.25) is 0 Å². The molecule has 2 amide bonds. The van der Waals surface area contributed by atoms with Gasteiger partial charge in [-0.2, -0.15) is 0 Å². The Morgan fingerprint density at radius 1 is 1.03 bits per heavy atom. The van der Waals surface area contributed by atoms with Crippen molar-refractivity contribution in [2.45, 2.75) is 66.1 Å². The van der Waals surface area contributed by atoms with Crippen molar-refractivity contribution in [1.29, 1.82) is 0 Å². The first-order valence-electron chi connectivity index (χ1n) is 10.3. The number of nitrogens with zero attached hydrogens (tertiary/aromatic N) is 1. The Balaban J connectivity index is 2.29. The maximum atomic E-state index is 13.3. The molecule has 2 rings (SSSR count). The molecule has 0 aliphatic rings. The van der Waals surface area contributed by atoms with E-state index in [9.17, 15) is 9.59 Å². The number of amides is 2. The van der Waals surface area contributed by atoms with Gasteiger partial charge in [-0.1, -0.05) is 30.3 Å². The molecule has 5 nitrogen and oxygen atoms in total. The number of methoxy groups -OCH3 is 1. The smallest absolute Gasteiger partial charge is 0.242 e. The standard InChI is InChI=1S/C25H34N2O3/c1-17-11-12-20(13-18(17)2)15-23(28)27(19(3)24(29)26-25(4,5)6)16-21-9-8-10-22(14-21)30-7/h8-14,19H,15-16H2,1-7H3,(H,26,29)/t19-/m0/s1. The third-order valence-corrected chi connectivity index (χ3v) is 5.08. The first kappa shape index (κ1) is 23.5. The van der Waals surface area contributed by atoms with Gasteiger partial charge in [0.15, 0.2) is 0 Å². The summed E-state index contributed by atoms with van der Waals surface area (Å²) in [5.41, 5.74) is 3.83. The van der Waals surface area contributed by atoms with E-state index in [2.05, 4.69) is 12.2 Å². The van der Waals surface area contributed by atoms with E-state index >= 15 is 0 Å². The Kier molecular flexibility index (Phi) is 7.65. The number of benzene rings is 2. The predicted octanol–water partition coefficient (Wildman–Crippen LogP) is 4.19. The highest BCUT2D eigenvalue weighted by atomic mass is 16.5. The normalized spacial score (nSPS) is 12.2. The molecule has 0 unspecified atom stereocenters. The molecule has 30 heavy (non-hydrogen) atoms. The van der Waals surface area contributed by atoms with E-state index in [4.69, 9.17) is 4.74 Å². The molecule has 162 valence electrons. The van der Waals surface area contributed by atoms with Crippen molar-refractivity contribution in [1.82, 2.24) is 10.2 Å². The minimum Gasteiger partial charge on any atom is -0.497 e. The van der Waals surface area contributed by atoms with Crippen LogP contribution >= 0.6 is 0 Å². The second kappa shape index (κ2) is 9.79. The maximum absolute atomic E-state index is 13.3. The van der Waals surface area contributed by atoms with Gasteiger partial charge in [-0.25, -0.2) is 0 Å².